The molecule has 1 N–H and O–H groups in total. The van der Waals surface area contributed by atoms with Gasteiger partial charge in [-0.05, 0) is 63.2 Å². The highest BCUT2D eigenvalue weighted by molar-refractivity contribution is 5.74. The van der Waals surface area contributed by atoms with Gasteiger partial charge >= 0.3 is 11.9 Å². The van der Waals surface area contributed by atoms with Gasteiger partial charge in [-0.15, -0.1) is 0 Å². The maximum atomic E-state index is 12.8. The Labute approximate surface area is 211 Å². The molecule has 1 aliphatic rings. The number of aliphatic carboxylic acids is 1. The first-order valence-corrected chi connectivity index (χ1v) is 14.7. The van der Waals surface area contributed by atoms with Gasteiger partial charge in [0.15, 0.2) is 0 Å². The van der Waals surface area contributed by atoms with E-state index >= 15 is 0 Å². The summed E-state index contributed by atoms with van der Waals surface area (Å²) in [6, 6.07) is 0. The van der Waals surface area contributed by atoms with Crippen LogP contribution in [0.5, 0.6) is 0 Å². The summed E-state index contributed by atoms with van der Waals surface area (Å²) in [7, 11) is 0. The molecule has 0 aliphatic heterocycles. The number of ether oxygens (including phenoxy) is 1. The topological polar surface area (TPSA) is 63.6 Å². The minimum Gasteiger partial charge on any atom is -0.481 e. The number of esters is 1. The Balaban J connectivity index is 2.32. The lowest BCUT2D eigenvalue weighted by Gasteiger charge is -2.27. The molecule has 0 heterocycles. The van der Waals surface area contributed by atoms with E-state index in [2.05, 4.69) is 27.7 Å². The molecule has 1 fully saturated rings. The lowest BCUT2D eigenvalue weighted by molar-refractivity contribution is -0.158. The molecule has 0 aromatic heterocycles. The number of carbonyl (C=O) groups is 2. The van der Waals surface area contributed by atoms with Crippen LogP contribution < -0.4 is 0 Å². The molecule has 0 aromatic rings. The standard InChI is InChI=1S/C30H56O4/c1-24(2)16-12-8-6-5-7-9-14-18-28(19-15-11-10-13-17-25(3)4)34-30(33)27-22-20-26(21-23-27)29(31)32/h24-28H,5-23H2,1-4H3,(H,31,32). The highest BCUT2D eigenvalue weighted by Crippen LogP contribution is 2.30. The van der Waals surface area contributed by atoms with Crippen LogP contribution in [0.2, 0.25) is 0 Å². The first-order valence-electron chi connectivity index (χ1n) is 14.7. The van der Waals surface area contributed by atoms with Crippen molar-refractivity contribution in [3.8, 4) is 0 Å². The van der Waals surface area contributed by atoms with E-state index in [1.54, 1.807) is 0 Å². The molecule has 4 heteroatoms. The van der Waals surface area contributed by atoms with Crippen molar-refractivity contribution in [1.82, 2.24) is 0 Å². The summed E-state index contributed by atoms with van der Waals surface area (Å²) in [6.45, 7) is 9.17. The SMILES string of the molecule is CC(C)CCCCCCCCCC(CCCCCCC(C)C)OC(=O)C1CCC(C(=O)O)CC1. The largest absolute Gasteiger partial charge is 0.481 e. The molecule has 0 bridgehead atoms. The number of unbranched alkanes of at least 4 members (excludes halogenated alkanes) is 9. The fraction of sp³-hybridized carbons (Fsp3) is 0.933. The highest BCUT2D eigenvalue weighted by atomic mass is 16.5. The van der Waals surface area contributed by atoms with Gasteiger partial charge in [0.2, 0.25) is 0 Å². The summed E-state index contributed by atoms with van der Waals surface area (Å²) in [5, 5.41) is 9.20. The molecule has 4 nitrogen and oxygen atoms in total. The molecule has 1 unspecified atom stereocenters. The number of carbonyl (C=O) groups excluding carboxylic acids is 1. The lowest BCUT2D eigenvalue weighted by Crippen LogP contribution is -2.29. The monoisotopic (exact) mass is 480 g/mol. The zero-order valence-electron chi connectivity index (χ0n) is 23.0. The number of hydrogen-bond acceptors (Lipinski definition) is 3. The van der Waals surface area contributed by atoms with Gasteiger partial charge in [0.05, 0.1) is 11.8 Å². The van der Waals surface area contributed by atoms with Crippen LogP contribution in [0, 0.1) is 23.7 Å². The molecular formula is C30H56O4. The number of carboxylic acid groups (broad SMARTS) is 1. The number of rotatable bonds is 20. The van der Waals surface area contributed by atoms with Crippen LogP contribution in [0.3, 0.4) is 0 Å². The minimum atomic E-state index is -0.720. The van der Waals surface area contributed by atoms with Crippen LogP contribution in [0.15, 0.2) is 0 Å². The van der Waals surface area contributed by atoms with E-state index in [-0.39, 0.29) is 23.9 Å². The Kier molecular flexibility index (Phi) is 17.5. The predicted molar refractivity (Wildman–Crippen MR) is 142 cm³/mol. The third kappa shape index (κ3) is 15.8. The maximum absolute atomic E-state index is 12.8. The van der Waals surface area contributed by atoms with E-state index in [4.69, 9.17) is 4.74 Å². The molecule has 0 aromatic carbocycles. The van der Waals surface area contributed by atoms with Gasteiger partial charge in [0.1, 0.15) is 6.10 Å². The second-order valence-corrected chi connectivity index (χ2v) is 11.8. The van der Waals surface area contributed by atoms with E-state index < -0.39 is 5.97 Å². The van der Waals surface area contributed by atoms with Crippen LogP contribution >= 0.6 is 0 Å². The van der Waals surface area contributed by atoms with Gasteiger partial charge in [-0.25, -0.2) is 0 Å². The average molecular weight is 481 g/mol. The normalized spacial score (nSPS) is 19.5. The van der Waals surface area contributed by atoms with Gasteiger partial charge in [-0.1, -0.05) is 98.3 Å². The van der Waals surface area contributed by atoms with Crippen molar-refractivity contribution in [3.63, 3.8) is 0 Å². The Hall–Kier alpha value is -1.06. The average Bonchev–Trinajstić information content (AvgIpc) is 2.79. The van der Waals surface area contributed by atoms with Gasteiger partial charge in [0, 0.05) is 0 Å². The molecule has 1 atom stereocenters. The number of carboxylic acids is 1. The highest BCUT2D eigenvalue weighted by Gasteiger charge is 2.31. The van der Waals surface area contributed by atoms with Gasteiger partial charge < -0.3 is 9.84 Å². The quantitative estimate of drug-likeness (QED) is 0.139. The van der Waals surface area contributed by atoms with Crippen LogP contribution in [-0.4, -0.2) is 23.1 Å². The predicted octanol–water partition coefficient (Wildman–Crippen LogP) is 8.95. The zero-order valence-corrected chi connectivity index (χ0v) is 23.0. The fourth-order valence-electron chi connectivity index (χ4n) is 5.19. The van der Waals surface area contributed by atoms with Crippen molar-refractivity contribution >= 4 is 11.9 Å². The van der Waals surface area contributed by atoms with Gasteiger partial charge in [-0.3, -0.25) is 9.59 Å². The summed E-state index contributed by atoms with van der Waals surface area (Å²) < 4.78 is 6.03. The fourth-order valence-corrected chi connectivity index (χ4v) is 5.19. The van der Waals surface area contributed by atoms with Gasteiger partial charge in [0.25, 0.3) is 0 Å². The Morgan fingerprint density at radius 3 is 1.35 bits per heavy atom. The molecule has 0 amide bonds. The van der Waals surface area contributed by atoms with Crippen molar-refractivity contribution in [1.29, 1.82) is 0 Å². The minimum absolute atomic E-state index is 0.0424. The second-order valence-electron chi connectivity index (χ2n) is 11.8. The second kappa shape index (κ2) is 19.2. The summed E-state index contributed by atoms with van der Waals surface area (Å²) in [5.41, 5.74) is 0. The van der Waals surface area contributed by atoms with E-state index in [0.717, 1.165) is 37.5 Å². The van der Waals surface area contributed by atoms with Crippen molar-refractivity contribution in [2.75, 3.05) is 0 Å². The molecule has 0 saturated heterocycles. The molecular weight excluding hydrogens is 424 g/mol. The zero-order chi connectivity index (χ0) is 25.2. The molecule has 0 spiro atoms. The first-order chi connectivity index (χ1) is 16.3. The summed E-state index contributed by atoms with van der Waals surface area (Å²) in [4.78, 5) is 24.0. The third-order valence-electron chi connectivity index (χ3n) is 7.56. The van der Waals surface area contributed by atoms with E-state index in [1.165, 1.54) is 70.6 Å². The Bertz CT molecular complexity index is 520. The maximum Gasteiger partial charge on any atom is 0.309 e. The van der Waals surface area contributed by atoms with Crippen molar-refractivity contribution in [2.24, 2.45) is 23.7 Å². The Morgan fingerprint density at radius 1 is 0.618 bits per heavy atom. The van der Waals surface area contributed by atoms with Crippen LogP contribution in [0.4, 0.5) is 0 Å². The van der Waals surface area contributed by atoms with Crippen molar-refractivity contribution in [3.05, 3.63) is 0 Å². The lowest BCUT2D eigenvalue weighted by atomic mass is 9.82. The van der Waals surface area contributed by atoms with E-state index in [9.17, 15) is 14.7 Å². The van der Waals surface area contributed by atoms with Gasteiger partial charge in [-0.2, -0.15) is 0 Å². The summed E-state index contributed by atoms with van der Waals surface area (Å²) in [6.07, 6.45) is 21.2. The smallest absolute Gasteiger partial charge is 0.309 e. The van der Waals surface area contributed by atoms with Crippen LogP contribution in [0.1, 0.15) is 150 Å². The Morgan fingerprint density at radius 2 is 0.971 bits per heavy atom. The molecule has 1 rings (SSSR count). The van der Waals surface area contributed by atoms with Crippen LogP contribution in [0.25, 0.3) is 0 Å². The van der Waals surface area contributed by atoms with Crippen molar-refractivity contribution < 1.29 is 19.4 Å². The molecule has 34 heavy (non-hydrogen) atoms. The summed E-state index contributed by atoms with van der Waals surface area (Å²) >= 11 is 0. The van der Waals surface area contributed by atoms with Crippen molar-refractivity contribution in [2.45, 2.75) is 156 Å². The molecule has 1 saturated carbocycles. The third-order valence-corrected chi connectivity index (χ3v) is 7.56. The first kappa shape index (κ1) is 31.0. The van der Waals surface area contributed by atoms with E-state index in [0.29, 0.717) is 25.7 Å². The molecule has 1 aliphatic carbocycles. The number of hydrogen-bond donors (Lipinski definition) is 1. The molecule has 0 radical (unpaired) electrons. The summed E-state index contributed by atoms with van der Waals surface area (Å²) in [5.74, 6) is 0.425. The van der Waals surface area contributed by atoms with Crippen LogP contribution in [-0.2, 0) is 14.3 Å². The molecule has 200 valence electrons. The van der Waals surface area contributed by atoms with E-state index in [1.807, 2.05) is 0 Å².